The smallest absolute Gasteiger partial charge is 0.340 e. The number of benzene rings is 3. The normalized spacial score (nSPS) is 13.9. The van der Waals surface area contributed by atoms with Crippen molar-refractivity contribution in [2.24, 2.45) is 4.99 Å². The molecule has 2 aliphatic heterocycles. The largest absolute Gasteiger partial charge is 0.508 e. The van der Waals surface area contributed by atoms with Gasteiger partial charge in [0, 0.05) is 40.9 Å². The molecule has 0 bridgehead atoms. The number of thiocarbonyl (C=S) groups is 1. The second-order valence-corrected chi connectivity index (χ2v) is 9.04. The second kappa shape index (κ2) is 9.20. The third-order valence-corrected chi connectivity index (χ3v) is 6.56. The van der Waals surface area contributed by atoms with E-state index in [0.717, 1.165) is 0 Å². The minimum atomic E-state index is -1.38. The lowest BCUT2D eigenvalue weighted by Crippen LogP contribution is -2.32. The van der Waals surface area contributed by atoms with Crippen molar-refractivity contribution < 1.29 is 29.3 Å². The Morgan fingerprint density at radius 1 is 1.08 bits per heavy atom. The van der Waals surface area contributed by atoms with Crippen molar-refractivity contribution in [3.05, 3.63) is 88.5 Å². The van der Waals surface area contributed by atoms with E-state index in [-0.39, 0.29) is 17.4 Å². The van der Waals surface area contributed by atoms with Gasteiger partial charge in [-0.1, -0.05) is 12.6 Å². The van der Waals surface area contributed by atoms with Gasteiger partial charge >= 0.3 is 5.97 Å². The van der Waals surface area contributed by atoms with Gasteiger partial charge < -0.3 is 25.0 Å². The van der Waals surface area contributed by atoms with Crippen LogP contribution in [0.1, 0.15) is 46.0 Å². The summed E-state index contributed by atoms with van der Waals surface area (Å²) in [6.07, 6.45) is 0.926. The molecule has 0 atom stereocenters. The van der Waals surface area contributed by atoms with Crippen molar-refractivity contribution in [2.75, 3.05) is 6.54 Å². The maximum absolute atomic E-state index is 13.6. The van der Waals surface area contributed by atoms with Gasteiger partial charge in [-0.15, -0.1) is 0 Å². The highest BCUT2D eigenvalue weighted by molar-refractivity contribution is 7.78. The van der Waals surface area contributed by atoms with Crippen molar-refractivity contribution in [3.63, 3.8) is 0 Å². The van der Waals surface area contributed by atoms with Crippen LogP contribution < -0.4 is 10.1 Å². The first kappa shape index (κ1) is 24.2. The molecule has 5 rings (SSSR count). The van der Waals surface area contributed by atoms with Gasteiger partial charge in [-0.3, -0.25) is 4.79 Å². The summed E-state index contributed by atoms with van der Waals surface area (Å²) in [6, 6.07) is 12.7. The fourth-order valence-electron chi connectivity index (χ4n) is 4.87. The van der Waals surface area contributed by atoms with Crippen LogP contribution >= 0.6 is 12.2 Å². The van der Waals surface area contributed by atoms with Crippen LogP contribution in [0.15, 0.2) is 65.7 Å². The lowest BCUT2D eigenvalue weighted by molar-refractivity contribution is -0.117. The third-order valence-electron chi connectivity index (χ3n) is 6.47. The van der Waals surface area contributed by atoms with Gasteiger partial charge in [0.25, 0.3) is 0 Å². The number of carbonyl (C=O) groups is 2. The van der Waals surface area contributed by atoms with E-state index in [1.54, 1.807) is 31.2 Å². The van der Waals surface area contributed by atoms with Crippen LogP contribution in [0, 0.1) is 0 Å². The summed E-state index contributed by atoms with van der Waals surface area (Å²) in [6.45, 7) is 5.63. The van der Waals surface area contributed by atoms with Crippen LogP contribution in [0.3, 0.4) is 0 Å². The highest BCUT2D eigenvalue weighted by Crippen LogP contribution is 2.57. The Hall–Kier alpha value is -4.46. The standard InChI is InChI=1S/C28H22N2O6S/c1-15(2)26(33)29-11-3-4-18-22(30-14-37)10-9-21-25(18)27(34)36-28(21)19-7-5-16(31)12-23(19)35-24-13-17(32)6-8-20(24)28/h5-10,12-13,31-32H,1,3-4,11H2,2H3,(H,29,33). The Balaban J connectivity index is 1.67. The third kappa shape index (κ3) is 3.94. The number of aromatic hydroxyl groups is 2. The molecular formula is C28H22N2O6S. The van der Waals surface area contributed by atoms with Crippen LogP contribution in [-0.4, -0.2) is 33.8 Å². The summed E-state index contributed by atoms with van der Waals surface area (Å²) < 4.78 is 12.2. The number of phenols is 2. The van der Waals surface area contributed by atoms with E-state index < -0.39 is 11.6 Å². The van der Waals surface area contributed by atoms with E-state index in [0.29, 0.717) is 70.0 Å². The van der Waals surface area contributed by atoms with E-state index in [9.17, 15) is 19.8 Å². The lowest BCUT2D eigenvalue weighted by atomic mass is 9.76. The Labute approximate surface area is 217 Å². The number of rotatable bonds is 6. The molecule has 1 amide bonds. The summed E-state index contributed by atoms with van der Waals surface area (Å²) in [4.78, 5) is 29.6. The number of ether oxygens (including phenoxy) is 2. The Kier molecular flexibility index (Phi) is 6.03. The minimum Gasteiger partial charge on any atom is -0.508 e. The number of esters is 1. The average molecular weight is 515 g/mol. The predicted octanol–water partition coefficient (Wildman–Crippen LogP) is 5.03. The first-order valence-corrected chi connectivity index (χ1v) is 11.9. The van der Waals surface area contributed by atoms with Gasteiger partial charge in [-0.2, -0.15) is 4.99 Å². The van der Waals surface area contributed by atoms with Crippen molar-refractivity contribution in [3.8, 4) is 23.0 Å². The molecular weight excluding hydrogens is 492 g/mol. The number of nitrogens with zero attached hydrogens (tertiary/aromatic N) is 1. The molecule has 0 aliphatic carbocycles. The maximum Gasteiger partial charge on any atom is 0.340 e. The van der Waals surface area contributed by atoms with E-state index in [4.69, 9.17) is 21.7 Å². The van der Waals surface area contributed by atoms with Crippen LogP contribution in [0.4, 0.5) is 5.69 Å². The van der Waals surface area contributed by atoms with Crippen LogP contribution in [0.5, 0.6) is 23.0 Å². The molecule has 9 heteroatoms. The highest BCUT2D eigenvalue weighted by atomic mass is 32.1. The average Bonchev–Trinajstić information content (AvgIpc) is 3.15. The van der Waals surface area contributed by atoms with E-state index in [2.05, 4.69) is 22.0 Å². The number of carbonyl (C=O) groups excluding carboxylic acids is 2. The van der Waals surface area contributed by atoms with Crippen molar-refractivity contribution in [1.82, 2.24) is 5.32 Å². The predicted molar refractivity (Wildman–Crippen MR) is 139 cm³/mol. The van der Waals surface area contributed by atoms with Crippen molar-refractivity contribution >= 4 is 34.9 Å². The monoisotopic (exact) mass is 514 g/mol. The van der Waals surface area contributed by atoms with Crippen LogP contribution in [0.2, 0.25) is 0 Å². The Morgan fingerprint density at radius 3 is 2.30 bits per heavy atom. The first-order valence-electron chi connectivity index (χ1n) is 11.5. The molecule has 8 nitrogen and oxygen atoms in total. The fraction of sp³-hybridized carbons (Fsp3) is 0.179. The van der Waals surface area contributed by atoms with E-state index >= 15 is 0 Å². The SMILES string of the molecule is C=C(C)C(=O)NCCCc1c(N=C=S)ccc2c1C(=O)OC21c2ccc(O)cc2Oc2cc(O)ccc21. The van der Waals surface area contributed by atoms with E-state index in [1.165, 1.54) is 24.3 Å². The molecule has 2 aliphatic rings. The number of isothiocyanates is 1. The van der Waals surface area contributed by atoms with Crippen LogP contribution in [0.25, 0.3) is 0 Å². The Bertz CT molecular complexity index is 1490. The molecule has 0 saturated carbocycles. The van der Waals surface area contributed by atoms with Gasteiger partial charge in [0.15, 0.2) is 5.60 Å². The van der Waals surface area contributed by atoms with Gasteiger partial charge in [-0.25, -0.2) is 4.79 Å². The fourth-order valence-corrected chi connectivity index (χ4v) is 4.97. The molecule has 0 fully saturated rings. The Morgan fingerprint density at radius 2 is 1.70 bits per heavy atom. The number of nitrogens with one attached hydrogen (secondary N) is 1. The van der Waals surface area contributed by atoms with Gasteiger partial charge in [0.2, 0.25) is 5.91 Å². The number of phenolic OH excluding ortho intramolecular Hbond substituents is 2. The topological polar surface area (TPSA) is 117 Å². The zero-order valence-electron chi connectivity index (χ0n) is 19.8. The molecule has 3 N–H and O–H groups in total. The molecule has 2 heterocycles. The summed E-state index contributed by atoms with van der Waals surface area (Å²) in [5.74, 6) is -0.254. The number of aliphatic imine (C=N–C) groups is 1. The van der Waals surface area contributed by atoms with E-state index in [1.807, 2.05) is 0 Å². The van der Waals surface area contributed by atoms with Crippen molar-refractivity contribution in [2.45, 2.75) is 25.4 Å². The number of fused-ring (bicyclic) bond motifs is 6. The molecule has 0 radical (unpaired) electrons. The van der Waals surface area contributed by atoms with Gasteiger partial charge in [-0.05, 0) is 67.9 Å². The molecule has 186 valence electrons. The molecule has 0 unspecified atom stereocenters. The number of hydrogen-bond donors (Lipinski definition) is 3. The molecule has 1 spiro atoms. The number of hydrogen-bond acceptors (Lipinski definition) is 8. The quantitative estimate of drug-likeness (QED) is 0.139. The minimum absolute atomic E-state index is 0.0229. The van der Waals surface area contributed by atoms with Gasteiger partial charge in [0.1, 0.15) is 23.0 Å². The molecule has 3 aromatic rings. The highest BCUT2D eigenvalue weighted by Gasteiger charge is 2.54. The zero-order chi connectivity index (χ0) is 26.3. The van der Waals surface area contributed by atoms with Crippen molar-refractivity contribution in [1.29, 1.82) is 0 Å². The van der Waals surface area contributed by atoms with Gasteiger partial charge in [0.05, 0.1) is 16.4 Å². The maximum atomic E-state index is 13.6. The molecule has 3 aromatic carbocycles. The summed E-state index contributed by atoms with van der Waals surface area (Å²) >= 11 is 4.83. The molecule has 0 saturated heterocycles. The first-order chi connectivity index (χ1) is 17.8. The summed E-state index contributed by atoms with van der Waals surface area (Å²) in [7, 11) is 0. The molecule has 37 heavy (non-hydrogen) atoms. The summed E-state index contributed by atoms with van der Waals surface area (Å²) in [5.41, 5.74) is 2.11. The van der Waals surface area contributed by atoms with Crippen LogP contribution in [-0.2, 0) is 21.6 Å². The zero-order valence-corrected chi connectivity index (χ0v) is 20.6. The molecule has 0 aromatic heterocycles. The lowest BCUT2D eigenvalue weighted by Gasteiger charge is -2.36. The number of amides is 1. The second-order valence-electron chi connectivity index (χ2n) is 8.86. The summed E-state index contributed by atoms with van der Waals surface area (Å²) in [5, 5.41) is 25.4.